The number of hydrogen-bond donors (Lipinski definition) is 0. The molecule has 0 bridgehead atoms. The summed E-state index contributed by atoms with van der Waals surface area (Å²) in [4.78, 5) is 16.1. The van der Waals surface area contributed by atoms with Crippen molar-refractivity contribution in [2.75, 3.05) is 0 Å². The Bertz CT molecular complexity index is 619. The molecule has 0 saturated heterocycles. The third-order valence-electron chi connectivity index (χ3n) is 3.07. The number of aromatic nitrogens is 3. The van der Waals surface area contributed by atoms with Gasteiger partial charge in [-0.1, -0.05) is 5.16 Å². The highest BCUT2D eigenvalue weighted by Crippen LogP contribution is 2.38. The molecule has 104 valence electrons. The Balaban J connectivity index is 1.66. The van der Waals surface area contributed by atoms with Crippen LogP contribution in [0.4, 0.5) is 0 Å². The third kappa shape index (κ3) is 2.61. The Kier molecular flexibility index (Phi) is 3.09. The molecule has 1 aliphatic carbocycles. The second kappa shape index (κ2) is 4.92. The minimum Gasteiger partial charge on any atom is -0.619 e. The van der Waals surface area contributed by atoms with Crippen molar-refractivity contribution < 1.29 is 18.8 Å². The van der Waals surface area contributed by atoms with E-state index in [-0.39, 0.29) is 5.89 Å². The molecular formula is C13H13N3O4. The van der Waals surface area contributed by atoms with E-state index in [1.54, 1.807) is 6.92 Å². The molecule has 0 spiro atoms. The van der Waals surface area contributed by atoms with E-state index in [0.717, 1.165) is 12.8 Å². The first-order valence-electron chi connectivity index (χ1n) is 6.37. The minimum atomic E-state index is -0.623. The second-order valence-corrected chi connectivity index (χ2v) is 4.76. The van der Waals surface area contributed by atoms with E-state index in [1.165, 1.54) is 24.5 Å². The lowest BCUT2D eigenvalue weighted by molar-refractivity contribution is -0.605. The Labute approximate surface area is 114 Å². The standard InChI is InChI=1S/C13H13N3O4/c1-8(12-14-11(15-20-12)9-2-3-9)19-13(17)10-4-6-16(18)7-5-10/h4-9H,2-3H2,1H3/t8-/m1/s1. The van der Waals surface area contributed by atoms with Gasteiger partial charge in [0.2, 0.25) is 0 Å². The molecule has 20 heavy (non-hydrogen) atoms. The number of esters is 1. The van der Waals surface area contributed by atoms with Gasteiger partial charge in [-0.25, -0.2) is 4.79 Å². The van der Waals surface area contributed by atoms with Gasteiger partial charge in [-0.2, -0.15) is 9.71 Å². The van der Waals surface area contributed by atoms with Crippen molar-refractivity contribution in [3.8, 4) is 0 Å². The molecular weight excluding hydrogens is 262 g/mol. The van der Waals surface area contributed by atoms with E-state index in [4.69, 9.17) is 9.26 Å². The SMILES string of the molecule is C[C@@H](OC(=O)c1cc[n+]([O-])cc1)c1nc(C2CC2)no1. The predicted molar refractivity (Wildman–Crippen MR) is 65.5 cm³/mol. The molecule has 2 aromatic heterocycles. The van der Waals surface area contributed by atoms with Crippen LogP contribution in [0.3, 0.4) is 0 Å². The number of carbonyl (C=O) groups excluding carboxylic acids is 1. The maximum Gasteiger partial charge on any atom is 0.339 e. The highest BCUT2D eigenvalue weighted by Gasteiger charge is 2.30. The fourth-order valence-corrected chi connectivity index (χ4v) is 1.75. The van der Waals surface area contributed by atoms with Gasteiger partial charge in [0, 0.05) is 18.1 Å². The van der Waals surface area contributed by atoms with Crippen LogP contribution in [0.15, 0.2) is 29.0 Å². The molecule has 7 nitrogen and oxygen atoms in total. The van der Waals surface area contributed by atoms with Crippen molar-refractivity contribution in [3.63, 3.8) is 0 Å². The molecule has 2 heterocycles. The summed E-state index contributed by atoms with van der Waals surface area (Å²) in [5.41, 5.74) is 0.297. The maximum absolute atomic E-state index is 11.9. The molecule has 1 fully saturated rings. The van der Waals surface area contributed by atoms with Crippen LogP contribution < -0.4 is 4.73 Å². The first kappa shape index (κ1) is 12.6. The fraction of sp³-hybridized carbons (Fsp3) is 0.385. The van der Waals surface area contributed by atoms with Crippen LogP contribution in [0.5, 0.6) is 0 Å². The monoisotopic (exact) mass is 275 g/mol. The molecule has 1 atom stereocenters. The number of nitrogens with zero attached hydrogens (tertiary/aromatic N) is 3. The third-order valence-corrected chi connectivity index (χ3v) is 3.07. The van der Waals surface area contributed by atoms with Gasteiger partial charge in [-0.05, 0) is 19.8 Å². The summed E-state index contributed by atoms with van der Waals surface area (Å²) in [5, 5.41) is 14.8. The zero-order valence-corrected chi connectivity index (χ0v) is 10.9. The van der Waals surface area contributed by atoms with Crippen molar-refractivity contribution in [1.82, 2.24) is 10.1 Å². The summed E-state index contributed by atoms with van der Waals surface area (Å²) in [7, 11) is 0. The number of hydrogen-bond acceptors (Lipinski definition) is 6. The lowest BCUT2D eigenvalue weighted by Gasteiger charge is -2.08. The molecule has 0 aliphatic heterocycles. The average Bonchev–Trinajstić information content (AvgIpc) is 3.17. The molecule has 0 amide bonds. The van der Waals surface area contributed by atoms with E-state index in [9.17, 15) is 10.0 Å². The summed E-state index contributed by atoms with van der Waals surface area (Å²) in [5.74, 6) is 0.811. The largest absolute Gasteiger partial charge is 0.619 e. The molecule has 2 aromatic rings. The Morgan fingerprint density at radius 2 is 2.20 bits per heavy atom. The Hall–Kier alpha value is -2.44. The summed E-state index contributed by atoms with van der Waals surface area (Å²) < 4.78 is 10.9. The van der Waals surface area contributed by atoms with E-state index in [1.807, 2.05) is 0 Å². The van der Waals surface area contributed by atoms with Crippen LogP contribution in [0.1, 0.15) is 53.9 Å². The van der Waals surface area contributed by atoms with E-state index >= 15 is 0 Å². The first-order valence-corrected chi connectivity index (χ1v) is 6.37. The first-order chi connectivity index (χ1) is 9.63. The summed E-state index contributed by atoms with van der Waals surface area (Å²) in [6.07, 6.45) is 4.00. The average molecular weight is 275 g/mol. The molecule has 0 N–H and O–H groups in total. The van der Waals surface area contributed by atoms with Crippen LogP contribution >= 0.6 is 0 Å². The normalized spacial score (nSPS) is 15.8. The van der Waals surface area contributed by atoms with Crippen LogP contribution in [-0.4, -0.2) is 16.1 Å². The maximum atomic E-state index is 11.9. The number of rotatable bonds is 4. The van der Waals surface area contributed by atoms with Gasteiger partial charge in [0.25, 0.3) is 5.89 Å². The Morgan fingerprint density at radius 3 is 2.85 bits per heavy atom. The van der Waals surface area contributed by atoms with Gasteiger partial charge in [0.15, 0.2) is 24.3 Å². The Morgan fingerprint density at radius 1 is 1.50 bits per heavy atom. The van der Waals surface area contributed by atoms with Crippen LogP contribution in [0, 0.1) is 5.21 Å². The molecule has 3 rings (SSSR count). The molecule has 1 aliphatic rings. The smallest absolute Gasteiger partial charge is 0.339 e. The van der Waals surface area contributed by atoms with Gasteiger partial charge < -0.3 is 14.5 Å². The number of carbonyl (C=O) groups is 1. The summed E-state index contributed by atoms with van der Waals surface area (Å²) in [6.45, 7) is 1.67. The predicted octanol–water partition coefficient (Wildman–Crippen LogP) is 1.50. The van der Waals surface area contributed by atoms with E-state index in [0.29, 0.717) is 22.0 Å². The quantitative estimate of drug-likeness (QED) is 0.477. The second-order valence-electron chi connectivity index (χ2n) is 4.76. The fourth-order valence-electron chi connectivity index (χ4n) is 1.75. The van der Waals surface area contributed by atoms with Gasteiger partial charge >= 0.3 is 5.97 Å². The van der Waals surface area contributed by atoms with Crippen molar-refractivity contribution >= 4 is 5.97 Å². The number of pyridine rings is 1. The highest BCUT2D eigenvalue weighted by molar-refractivity contribution is 5.89. The summed E-state index contributed by atoms with van der Waals surface area (Å²) in [6, 6.07) is 2.79. The van der Waals surface area contributed by atoms with Crippen molar-refractivity contribution in [3.05, 3.63) is 47.0 Å². The van der Waals surface area contributed by atoms with Crippen molar-refractivity contribution in [2.24, 2.45) is 0 Å². The lowest BCUT2D eigenvalue weighted by atomic mass is 10.3. The summed E-state index contributed by atoms with van der Waals surface area (Å²) >= 11 is 0. The molecule has 0 unspecified atom stereocenters. The molecule has 1 saturated carbocycles. The molecule has 0 radical (unpaired) electrons. The van der Waals surface area contributed by atoms with E-state index in [2.05, 4.69) is 10.1 Å². The van der Waals surface area contributed by atoms with Gasteiger partial charge in [-0.15, -0.1) is 0 Å². The van der Waals surface area contributed by atoms with Crippen molar-refractivity contribution in [2.45, 2.75) is 31.8 Å². The molecule has 0 aromatic carbocycles. The van der Waals surface area contributed by atoms with E-state index < -0.39 is 12.1 Å². The topological polar surface area (TPSA) is 92.2 Å². The van der Waals surface area contributed by atoms with Gasteiger partial charge in [0.05, 0.1) is 5.56 Å². The number of ether oxygens (including phenoxy) is 1. The van der Waals surface area contributed by atoms with Crippen LogP contribution in [-0.2, 0) is 4.74 Å². The van der Waals surface area contributed by atoms with Crippen LogP contribution in [0.25, 0.3) is 0 Å². The van der Waals surface area contributed by atoms with Gasteiger partial charge in [-0.3, -0.25) is 0 Å². The zero-order valence-electron chi connectivity index (χ0n) is 10.9. The minimum absolute atomic E-state index is 0.287. The molecule has 7 heteroatoms. The zero-order chi connectivity index (χ0) is 14.1. The van der Waals surface area contributed by atoms with Gasteiger partial charge in [0.1, 0.15) is 0 Å². The highest BCUT2D eigenvalue weighted by atomic mass is 16.6. The van der Waals surface area contributed by atoms with Crippen LogP contribution in [0.2, 0.25) is 0 Å². The lowest BCUT2D eigenvalue weighted by Crippen LogP contribution is -2.24. The van der Waals surface area contributed by atoms with Crippen molar-refractivity contribution in [1.29, 1.82) is 0 Å².